The molecule has 20 N–H and O–H groups in total. The van der Waals surface area contributed by atoms with Crippen molar-refractivity contribution in [3.63, 3.8) is 0 Å². The molecule has 0 saturated carbocycles. The number of unbranched alkanes of at least 4 members (excludes halogenated alkanes) is 13. The SMILES string of the molecule is CCCCCCCCCCCCCCCC(=O)N[C@@H](CCC(=O)O)C(=O)NCCCC[C@H](NC(=O)[C@H](C)NC(=O)[C@H](C)NC(=O)[C@H](CCC(=O)O)NC(=O)CN)C(=O)N[C@@H](CCC(=O)O)C(=O)N[C@@H](Cc1ccccc1)C(=O)N[C@H](C(=O)N[C@@H](C)C(=O)N(C(=O)[C@H](CCC(=O)O)NC(=O)[C@@H](N)CC(C)C)[C@H]([C]=O)Cc1c[nH]c2ccccc12)[C@@H](C)CC. The number of carbonyl (C=O) groups is 17. The monoisotopic (exact) mass is 1710 g/mol. The van der Waals surface area contributed by atoms with Crippen LogP contribution >= 0.6 is 0 Å². The number of nitrogens with one attached hydrogen (secondary N) is 12. The Morgan fingerprint density at radius 2 is 0.869 bits per heavy atom. The molecule has 122 heavy (non-hydrogen) atoms. The van der Waals surface area contributed by atoms with E-state index in [2.05, 4.69) is 70.4 Å². The lowest BCUT2D eigenvalue weighted by molar-refractivity contribution is -0.151. The van der Waals surface area contributed by atoms with Crippen LogP contribution in [0.1, 0.15) is 240 Å². The van der Waals surface area contributed by atoms with Gasteiger partial charge in [-0.1, -0.05) is 167 Å². The van der Waals surface area contributed by atoms with Gasteiger partial charge in [-0.15, -0.1) is 0 Å². The number of fused-ring (bicyclic) bond motifs is 1. The van der Waals surface area contributed by atoms with E-state index < -0.39 is 231 Å². The molecule has 13 atom stereocenters. The number of amides is 13. The quantitative estimate of drug-likeness (QED) is 0.0360. The van der Waals surface area contributed by atoms with Crippen molar-refractivity contribution in [2.45, 2.75) is 314 Å². The van der Waals surface area contributed by atoms with Gasteiger partial charge in [-0.05, 0) is 108 Å². The zero-order valence-electron chi connectivity index (χ0n) is 71.5. The summed E-state index contributed by atoms with van der Waals surface area (Å²) in [4.78, 5) is 247. The second-order valence-electron chi connectivity index (χ2n) is 31.4. The van der Waals surface area contributed by atoms with Crippen LogP contribution in [0.2, 0.25) is 0 Å². The molecule has 37 nitrogen and oxygen atoms in total. The van der Waals surface area contributed by atoms with Gasteiger partial charge >= 0.3 is 23.9 Å². The molecule has 37 heteroatoms. The van der Waals surface area contributed by atoms with Crippen molar-refractivity contribution < 1.29 is 107 Å². The average Bonchev–Trinajstić information content (AvgIpc) is 1.78. The minimum absolute atomic E-state index is 0.0242. The van der Waals surface area contributed by atoms with Crippen molar-refractivity contribution in [2.24, 2.45) is 23.3 Å². The first kappa shape index (κ1) is 105. The number of aliphatic carboxylic acids is 4. The topological polar surface area (TPSA) is 592 Å². The summed E-state index contributed by atoms with van der Waals surface area (Å²) in [6, 6.07) is -3.95. The first-order valence-electron chi connectivity index (χ1n) is 42.4. The maximum absolute atomic E-state index is 15.1. The van der Waals surface area contributed by atoms with Gasteiger partial charge in [0.1, 0.15) is 66.5 Å². The number of carbonyl (C=O) groups excluding carboxylic acids is 14. The molecule has 3 rings (SSSR count). The lowest BCUT2D eigenvalue weighted by Crippen LogP contribution is -2.62. The van der Waals surface area contributed by atoms with Gasteiger partial charge in [0.25, 0.3) is 11.8 Å². The second-order valence-corrected chi connectivity index (χ2v) is 31.4. The highest BCUT2D eigenvalue weighted by atomic mass is 16.4. The van der Waals surface area contributed by atoms with Crippen molar-refractivity contribution in [3.05, 3.63) is 71.9 Å². The van der Waals surface area contributed by atoms with E-state index in [0.29, 0.717) is 33.4 Å². The number of hydrogen-bond donors (Lipinski definition) is 18. The van der Waals surface area contributed by atoms with E-state index in [9.17, 15) is 97.1 Å². The number of nitrogens with two attached hydrogens (primary N) is 2. The van der Waals surface area contributed by atoms with E-state index in [4.69, 9.17) is 11.5 Å². The Morgan fingerprint density at radius 3 is 1.40 bits per heavy atom. The number of imide groups is 1. The molecule has 13 amide bonds. The van der Waals surface area contributed by atoms with E-state index in [1.807, 2.05) is 0 Å². The van der Waals surface area contributed by atoms with Crippen molar-refractivity contribution >= 4 is 118 Å². The smallest absolute Gasteiger partial charge is 0.303 e. The molecular weight excluding hydrogens is 1580 g/mol. The molecule has 677 valence electrons. The van der Waals surface area contributed by atoms with E-state index in [-0.39, 0.29) is 70.3 Å². The van der Waals surface area contributed by atoms with Gasteiger partial charge < -0.3 is 95.4 Å². The first-order valence-corrected chi connectivity index (χ1v) is 42.4. The highest BCUT2D eigenvalue weighted by Gasteiger charge is 2.42. The number of carboxylic acids is 4. The van der Waals surface area contributed by atoms with Crippen LogP contribution in [0.15, 0.2) is 60.8 Å². The molecule has 0 aliphatic heterocycles. The summed E-state index contributed by atoms with van der Waals surface area (Å²) in [7, 11) is 0. The number of aromatic amines is 1. The molecule has 2 aromatic carbocycles. The molecule has 1 radical (unpaired) electrons. The van der Waals surface area contributed by atoms with E-state index in [0.717, 1.165) is 32.1 Å². The van der Waals surface area contributed by atoms with E-state index in [1.54, 1.807) is 94.8 Å². The lowest BCUT2D eigenvalue weighted by atomic mass is 9.96. The Kier molecular flexibility index (Phi) is 49.1. The Morgan fingerprint density at radius 1 is 0.426 bits per heavy atom. The summed E-state index contributed by atoms with van der Waals surface area (Å²) in [6.07, 6.45) is 12.4. The fraction of sp³-hybridized carbons (Fsp3) is 0.624. The van der Waals surface area contributed by atoms with E-state index >= 15 is 9.59 Å². The molecule has 3 aromatic rings. The van der Waals surface area contributed by atoms with Crippen LogP contribution in [0.25, 0.3) is 10.9 Å². The van der Waals surface area contributed by atoms with Crippen molar-refractivity contribution in [2.75, 3.05) is 13.1 Å². The summed E-state index contributed by atoms with van der Waals surface area (Å²) in [5.41, 5.74) is 13.1. The fourth-order valence-corrected chi connectivity index (χ4v) is 13.4. The molecule has 0 unspecified atom stereocenters. The predicted octanol–water partition coefficient (Wildman–Crippen LogP) is 3.30. The Hall–Kier alpha value is -11.2. The van der Waals surface area contributed by atoms with Crippen LogP contribution in [0.5, 0.6) is 0 Å². The number of hydrogen-bond acceptors (Lipinski definition) is 20. The zero-order valence-corrected chi connectivity index (χ0v) is 71.5. The van der Waals surface area contributed by atoms with Crippen molar-refractivity contribution in [1.29, 1.82) is 0 Å². The minimum atomic E-state index is -1.84. The third kappa shape index (κ3) is 40.0. The molecule has 0 spiro atoms. The normalized spacial score (nSPS) is 14.4. The van der Waals surface area contributed by atoms with Gasteiger partial charge in [-0.3, -0.25) is 91.2 Å². The predicted molar refractivity (Wildman–Crippen MR) is 450 cm³/mol. The number of carboxylic acid groups (broad SMARTS) is 4. The van der Waals surface area contributed by atoms with Crippen LogP contribution in [0.3, 0.4) is 0 Å². The Balaban J connectivity index is 2.02. The summed E-state index contributed by atoms with van der Waals surface area (Å²) in [6.45, 7) is 11.9. The van der Waals surface area contributed by atoms with Gasteiger partial charge in [-0.2, -0.15) is 0 Å². The van der Waals surface area contributed by atoms with Crippen LogP contribution in [0.4, 0.5) is 0 Å². The standard InChI is InChI=1S/C85H130N15O22/c1-9-11-12-13-14-15-16-17-18-19-20-21-25-35-68(102)93-63(36-40-70(104)105)78(115)88-44-29-28-34-62(95-76(113)54(7)90-75(112)53(6)91-79(116)64(37-41-71(106)107)94-69(103)48-86)80(117)96-65(38-42-72(108)109)81(118)98-67(46-56-30-23-22-24-31-56)82(119)99-74(52(5)10-2)83(120)92-55(8)84(121)100(58(50-101)47-57-49-89-61-33-27-26-32-59(57)61)85(122)66(39-43-73(110)111)97-77(114)60(87)45-51(3)4/h22-24,26-27,30-33,49,51-55,58,60,62-67,74,89H,9-21,25,28-29,34-48,86-87H2,1-8H3,(H,88,115)(H,90,112)(H,91,116)(H,92,120)(H,93,102)(H,94,103)(H,95,113)(H,96,117)(H,97,114)(H,98,118)(H,99,119)(H,104,105)(H,106,107)(H,108,109)(H,110,111)/t52-,53-,54-,55-,58-,60-,62-,63-,64-,65-,66-,67-,74-/m0/s1. The molecule has 0 aliphatic carbocycles. The minimum Gasteiger partial charge on any atom is -0.481 e. The highest BCUT2D eigenvalue weighted by molar-refractivity contribution is 6.05. The molecule has 1 heterocycles. The van der Waals surface area contributed by atoms with Gasteiger partial charge in [0, 0.05) is 68.6 Å². The van der Waals surface area contributed by atoms with Gasteiger partial charge in [0.2, 0.25) is 71.3 Å². The zero-order chi connectivity index (χ0) is 91.0. The van der Waals surface area contributed by atoms with E-state index in [1.165, 1.54) is 65.7 Å². The summed E-state index contributed by atoms with van der Waals surface area (Å²) in [5.74, 6) is -18.9. The molecule has 1 aromatic heterocycles. The lowest BCUT2D eigenvalue weighted by Gasteiger charge is -2.33. The average molecular weight is 1710 g/mol. The number of nitrogens with zero attached hydrogens (tertiary/aromatic N) is 1. The van der Waals surface area contributed by atoms with Crippen LogP contribution in [0, 0.1) is 11.8 Å². The van der Waals surface area contributed by atoms with Gasteiger partial charge in [0.15, 0.2) is 0 Å². The number of aromatic nitrogens is 1. The van der Waals surface area contributed by atoms with Crippen molar-refractivity contribution in [1.82, 2.24) is 68.4 Å². The third-order valence-corrected chi connectivity index (χ3v) is 20.7. The van der Waals surface area contributed by atoms with Gasteiger partial charge in [-0.25, -0.2) is 0 Å². The summed E-state index contributed by atoms with van der Waals surface area (Å²) >= 11 is 0. The van der Waals surface area contributed by atoms with Gasteiger partial charge in [0.05, 0.1) is 12.6 Å². The number of para-hydroxylation sites is 1. The Labute approximate surface area is 712 Å². The fourth-order valence-electron chi connectivity index (χ4n) is 13.4. The summed E-state index contributed by atoms with van der Waals surface area (Å²) < 4.78 is 0. The van der Waals surface area contributed by atoms with Crippen molar-refractivity contribution in [3.8, 4) is 0 Å². The third-order valence-electron chi connectivity index (χ3n) is 20.7. The largest absolute Gasteiger partial charge is 0.481 e. The molecule has 0 saturated heterocycles. The first-order chi connectivity index (χ1) is 57.9. The Bertz CT molecular complexity index is 3930. The molecule has 0 bridgehead atoms. The number of H-pyrrole nitrogens is 1. The second kappa shape index (κ2) is 57.1. The van der Waals surface area contributed by atoms with Crippen LogP contribution in [-0.4, -0.2) is 223 Å². The summed E-state index contributed by atoms with van der Waals surface area (Å²) in [5, 5.41) is 66.8. The van der Waals surface area contributed by atoms with Crippen LogP contribution < -0.4 is 70.0 Å². The highest BCUT2D eigenvalue weighted by Crippen LogP contribution is 2.23. The number of benzene rings is 2. The molecule has 0 aliphatic rings. The maximum Gasteiger partial charge on any atom is 0.303 e. The maximum atomic E-state index is 15.1. The molecular formula is C85H130N15O22. The number of rotatable bonds is 63. The van der Waals surface area contributed by atoms with Crippen LogP contribution in [-0.2, 0) is 99.1 Å². The molecule has 0 fully saturated rings.